The van der Waals surface area contributed by atoms with Gasteiger partial charge in [0.2, 0.25) is 0 Å². The van der Waals surface area contributed by atoms with Gasteiger partial charge in [0.1, 0.15) is 5.78 Å². The number of rotatable bonds is 2. The molecule has 1 saturated carbocycles. The van der Waals surface area contributed by atoms with Gasteiger partial charge in [0.05, 0.1) is 16.1 Å². The number of hydrogen-bond acceptors (Lipinski definition) is 2. The summed E-state index contributed by atoms with van der Waals surface area (Å²) in [6.45, 7) is 0. The molecule has 124 valence electrons. The highest BCUT2D eigenvalue weighted by Gasteiger charge is 2.47. The quantitative estimate of drug-likeness (QED) is 0.642. The molecule has 5 heteroatoms. The van der Waals surface area contributed by atoms with Crippen molar-refractivity contribution in [1.82, 2.24) is 0 Å². The summed E-state index contributed by atoms with van der Waals surface area (Å²) in [5, 5.41) is 1.75. The molecule has 2 saturated heterocycles. The molecular weight excluding hydrogens is 365 g/mol. The first kappa shape index (κ1) is 16.3. The van der Waals surface area contributed by atoms with Crippen LogP contribution in [0.15, 0.2) is 42.5 Å². The van der Waals surface area contributed by atoms with Crippen LogP contribution in [0.4, 0.5) is 5.69 Å². The van der Waals surface area contributed by atoms with Gasteiger partial charge in [-0.25, -0.2) is 0 Å². The number of benzene rings is 2. The fraction of sp³-hybridized carbons (Fsp3) is 0.316. The van der Waals surface area contributed by atoms with E-state index in [1.54, 1.807) is 0 Å². The number of ketones is 1. The van der Waals surface area contributed by atoms with Crippen molar-refractivity contribution in [2.45, 2.75) is 31.3 Å². The molecule has 3 fully saturated rings. The lowest BCUT2D eigenvalue weighted by molar-refractivity contribution is -0.128. The Labute approximate surface area is 156 Å². The molecule has 0 unspecified atom stereocenters. The van der Waals surface area contributed by atoms with E-state index in [0.717, 1.165) is 24.1 Å². The Bertz CT molecular complexity index is 807. The van der Waals surface area contributed by atoms with Crippen molar-refractivity contribution in [3.8, 4) is 0 Å². The lowest BCUT2D eigenvalue weighted by Gasteiger charge is -2.52. The third kappa shape index (κ3) is 2.71. The van der Waals surface area contributed by atoms with Crippen LogP contribution < -0.4 is 4.90 Å². The molecule has 5 rings (SSSR count). The van der Waals surface area contributed by atoms with Crippen LogP contribution in [0, 0.1) is 5.92 Å². The molecule has 1 aliphatic carbocycles. The van der Waals surface area contributed by atoms with Gasteiger partial charge in [0.25, 0.3) is 0 Å². The summed E-state index contributed by atoms with van der Waals surface area (Å²) in [7, 11) is 0. The maximum absolute atomic E-state index is 12.5. The van der Waals surface area contributed by atoms with Crippen LogP contribution >= 0.6 is 34.8 Å². The zero-order valence-corrected chi connectivity index (χ0v) is 15.2. The van der Waals surface area contributed by atoms with E-state index in [9.17, 15) is 4.79 Å². The average Bonchev–Trinajstić information content (AvgIpc) is 2.57. The van der Waals surface area contributed by atoms with Gasteiger partial charge in [-0.15, -0.1) is 0 Å². The van der Waals surface area contributed by atoms with E-state index in [0.29, 0.717) is 27.3 Å². The Morgan fingerprint density at radius 1 is 0.958 bits per heavy atom. The average molecular weight is 381 g/mol. The molecule has 2 nitrogen and oxygen atoms in total. The van der Waals surface area contributed by atoms with Gasteiger partial charge >= 0.3 is 0 Å². The Hall–Kier alpha value is -1.22. The number of anilines is 1. The maximum Gasteiger partial charge on any atom is 0.140 e. The molecule has 2 aliphatic heterocycles. The van der Waals surface area contributed by atoms with E-state index in [4.69, 9.17) is 34.8 Å². The Morgan fingerprint density at radius 2 is 1.79 bits per heavy atom. The van der Waals surface area contributed by atoms with Crippen LogP contribution in [-0.4, -0.2) is 11.8 Å². The van der Waals surface area contributed by atoms with Crippen LogP contribution in [0.3, 0.4) is 0 Å². The van der Waals surface area contributed by atoms with Crippen LogP contribution in [-0.2, 0) is 4.79 Å². The Morgan fingerprint density at radius 3 is 2.50 bits per heavy atom. The van der Waals surface area contributed by atoms with Crippen molar-refractivity contribution >= 4 is 46.3 Å². The number of carbonyl (C=O) groups is 1. The largest absolute Gasteiger partial charge is 0.360 e. The summed E-state index contributed by atoms with van der Waals surface area (Å²) in [5.41, 5.74) is 2.09. The normalized spacial score (nSPS) is 26.0. The highest BCUT2D eigenvalue weighted by molar-refractivity contribution is 6.42. The second-order valence-corrected chi connectivity index (χ2v) is 7.76. The first-order valence-corrected chi connectivity index (χ1v) is 9.19. The van der Waals surface area contributed by atoms with Gasteiger partial charge in [0.15, 0.2) is 0 Å². The number of carbonyl (C=O) groups excluding carboxylic acids is 1. The van der Waals surface area contributed by atoms with Gasteiger partial charge in [0, 0.05) is 29.1 Å². The number of fused-ring (bicyclic) bond motifs is 3. The highest BCUT2D eigenvalue weighted by Crippen LogP contribution is 2.48. The third-order valence-electron chi connectivity index (χ3n) is 5.13. The van der Waals surface area contributed by atoms with Crippen molar-refractivity contribution < 1.29 is 4.79 Å². The summed E-state index contributed by atoms with van der Waals surface area (Å²) in [6.07, 6.45) is 2.56. The summed E-state index contributed by atoms with van der Waals surface area (Å²) < 4.78 is 0. The highest BCUT2D eigenvalue weighted by atomic mass is 35.5. The Balaban J connectivity index is 1.83. The fourth-order valence-corrected chi connectivity index (χ4v) is 4.60. The summed E-state index contributed by atoms with van der Waals surface area (Å²) in [6, 6.07) is 13.7. The summed E-state index contributed by atoms with van der Waals surface area (Å²) >= 11 is 18.5. The molecule has 24 heavy (non-hydrogen) atoms. The van der Waals surface area contributed by atoms with E-state index in [1.807, 2.05) is 36.4 Å². The van der Waals surface area contributed by atoms with Gasteiger partial charge < -0.3 is 4.90 Å². The first-order valence-electron chi connectivity index (χ1n) is 8.06. The predicted octanol–water partition coefficient (Wildman–Crippen LogP) is 5.95. The van der Waals surface area contributed by atoms with E-state index < -0.39 is 0 Å². The fourth-order valence-electron chi connectivity index (χ4n) is 4.11. The number of nitrogens with zero attached hydrogens (tertiary/aromatic N) is 1. The lowest BCUT2D eigenvalue weighted by Crippen LogP contribution is -2.54. The third-order valence-corrected chi connectivity index (χ3v) is 6.10. The molecule has 0 N–H and O–H groups in total. The summed E-state index contributed by atoms with van der Waals surface area (Å²) in [4.78, 5) is 14.9. The number of piperidine rings is 2. The molecule has 3 aliphatic rings. The second-order valence-electron chi connectivity index (χ2n) is 6.51. The zero-order chi connectivity index (χ0) is 16.8. The zero-order valence-electron chi connectivity index (χ0n) is 12.9. The maximum atomic E-state index is 12.5. The minimum absolute atomic E-state index is 0.00813. The van der Waals surface area contributed by atoms with E-state index >= 15 is 0 Å². The standard InChI is InChI=1S/C19H16Cl3NO/c20-12-2-1-3-13(9-12)23-14-5-6-15(18(24)10-14)19(23)11-4-7-16(21)17(22)8-11/h1-4,7-9,14-15,19H,5-6,10H2/t14-,15+,19-/m0/s1. The second kappa shape index (κ2) is 6.25. The van der Waals surface area contributed by atoms with Gasteiger partial charge in [-0.2, -0.15) is 0 Å². The van der Waals surface area contributed by atoms with Gasteiger partial charge in [-0.3, -0.25) is 4.79 Å². The van der Waals surface area contributed by atoms with Crippen molar-refractivity contribution in [1.29, 1.82) is 0 Å². The SMILES string of the molecule is O=C1C[C@@H]2CC[C@H]1[C@H](c1ccc(Cl)c(Cl)c1)N2c1cccc(Cl)c1. The predicted molar refractivity (Wildman–Crippen MR) is 99.3 cm³/mol. The van der Waals surface area contributed by atoms with Crippen LogP contribution in [0.1, 0.15) is 30.9 Å². The van der Waals surface area contributed by atoms with E-state index in [-0.39, 0.29) is 18.0 Å². The topological polar surface area (TPSA) is 20.3 Å². The number of Topliss-reactive ketones (excluding diaryl/α,β-unsaturated/α-hetero) is 1. The van der Waals surface area contributed by atoms with Gasteiger partial charge in [-0.1, -0.05) is 46.9 Å². The molecule has 2 aromatic carbocycles. The van der Waals surface area contributed by atoms with Crippen LogP contribution in [0.2, 0.25) is 15.1 Å². The summed E-state index contributed by atoms with van der Waals surface area (Å²) in [5.74, 6) is 0.340. The van der Waals surface area contributed by atoms with Crippen LogP contribution in [0.25, 0.3) is 0 Å². The number of halogens is 3. The van der Waals surface area contributed by atoms with E-state index in [1.165, 1.54) is 0 Å². The smallest absolute Gasteiger partial charge is 0.140 e. The molecule has 0 spiro atoms. The molecule has 2 heterocycles. The van der Waals surface area contributed by atoms with Gasteiger partial charge in [-0.05, 0) is 48.7 Å². The molecule has 3 atom stereocenters. The van der Waals surface area contributed by atoms with E-state index in [2.05, 4.69) is 11.0 Å². The lowest BCUT2D eigenvalue weighted by atomic mass is 9.71. The molecule has 0 aromatic heterocycles. The number of hydrogen-bond donors (Lipinski definition) is 0. The minimum atomic E-state index is -0.0155. The first-order chi connectivity index (χ1) is 11.5. The van der Waals surface area contributed by atoms with Crippen molar-refractivity contribution in [2.75, 3.05) is 4.90 Å². The van der Waals surface area contributed by atoms with Crippen molar-refractivity contribution in [2.24, 2.45) is 5.92 Å². The minimum Gasteiger partial charge on any atom is -0.360 e. The molecular formula is C19H16Cl3NO. The molecule has 0 radical (unpaired) electrons. The molecule has 2 bridgehead atoms. The van der Waals surface area contributed by atoms with Crippen molar-refractivity contribution in [3.63, 3.8) is 0 Å². The molecule has 2 aromatic rings. The molecule has 0 amide bonds. The monoisotopic (exact) mass is 379 g/mol. The van der Waals surface area contributed by atoms with Crippen LogP contribution in [0.5, 0.6) is 0 Å². The Kier molecular flexibility index (Phi) is 4.24. The van der Waals surface area contributed by atoms with Crippen molar-refractivity contribution in [3.05, 3.63) is 63.1 Å².